The molecule has 1 saturated heterocycles. The summed E-state index contributed by atoms with van der Waals surface area (Å²) in [6.45, 7) is 5.95. The van der Waals surface area contributed by atoms with Crippen LogP contribution in [-0.2, 0) is 16.0 Å². The van der Waals surface area contributed by atoms with Crippen LogP contribution in [0.15, 0.2) is 72.8 Å². The number of benzene rings is 3. The van der Waals surface area contributed by atoms with E-state index in [1.165, 1.54) is 0 Å². The van der Waals surface area contributed by atoms with Gasteiger partial charge in [-0.2, -0.15) is 0 Å². The maximum Gasteiger partial charge on any atom is 0.331 e. The number of carbonyl (C=O) groups is 2. The van der Waals surface area contributed by atoms with Crippen molar-refractivity contribution in [2.75, 3.05) is 0 Å². The van der Waals surface area contributed by atoms with E-state index in [0.29, 0.717) is 12.0 Å². The first-order valence-corrected chi connectivity index (χ1v) is 9.90. The lowest BCUT2D eigenvalue weighted by atomic mass is 9.92. The molecule has 0 bridgehead atoms. The monoisotopic (exact) mass is 387 g/mol. The molecule has 0 radical (unpaired) electrons. The van der Waals surface area contributed by atoms with Crippen LogP contribution in [0.1, 0.15) is 36.7 Å². The summed E-state index contributed by atoms with van der Waals surface area (Å²) in [5.74, 6) is -0.523. The van der Waals surface area contributed by atoms with Crippen LogP contribution in [0.4, 0.5) is 0 Å². The fraction of sp³-hybridized carbons (Fsp3) is 0.280. The normalized spacial score (nSPS) is 19.4. The molecule has 1 amide bonds. The van der Waals surface area contributed by atoms with Crippen molar-refractivity contribution < 1.29 is 14.3 Å². The molecule has 3 aromatic carbocycles. The molecule has 4 nitrogen and oxygen atoms in total. The molecule has 1 fully saturated rings. The number of hydrogen-bond acceptors (Lipinski definition) is 3. The Morgan fingerprint density at radius 2 is 1.59 bits per heavy atom. The van der Waals surface area contributed by atoms with Gasteiger partial charge in [0.2, 0.25) is 0 Å². The topological polar surface area (TPSA) is 46.6 Å². The van der Waals surface area contributed by atoms with Gasteiger partial charge >= 0.3 is 5.97 Å². The van der Waals surface area contributed by atoms with Crippen molar-refractivity contribution in [3.63, 3.8) is 0 Å². The van der Waals surface area contributed by atoms with E-state index in [1.54, 1.807) is 4.90 Å². The quantitative estimate of drug-likeness (QED) is 0.605. The molecule has 1 aliphatic heterocycles. The minimum atomic E-state index is -0.638. The zero-order valence-corrected chi connectivity index (χ0v) is 17.0. The molecule has 3 aromatic rings. The van der Waals surface area contributed by atoms with Crippen molar-refractivity contribution in [2.45, 2.75) is 39.5 Å². The van der Waals surface area contributed by atoms with Gasteiger partial charge in [0.25, 0.3) is 5.91 Å². The van der Waals surface area contributed by atoms with E-state index in [9.17, 15) is 9.59 Å². The third kappa shape index (κ3) is 3.75. The van der Waals surface area contributed by atoms with Crippen LogP contribution in [-0.4, -0.2) is 29.0 Å². The zero-order chi connectivity index (χ0) is 20.6. The molecule has 1 heterocycles. The second-order valence-electron chi connectivity index (χ2n) is 8.64. The van der Waals surface area contributed by atoms with Crippen molar-refractivity contribution >= 4 is 22.6 Å². The fourth-order valence-corrected chi connectivity index (χ4v) is 3.85. The van der Waals surface area contributed by atoms with Crippen molar-refractivity contribution in [1.82, 2.24) is 4.90 Å². The van der Waals surface area contributed by atoms with Gasteiger partial charge < -0.3 is 4.74 Å². The Hall–Kier alpha value is -3.14. The van der Waals surface area contributed by atoms with Gasteiger partial charge in [0.1, 0.15) is 6.04 Å². The number of nitrogens with zero attached hydrogens (tertiary/aromatic N) is 1. The van der Waals surface area contributed by atoms with Crippen LogP contribution in [0.5, 0.6) is 0 Å². The Kier molecular flexibility index (Phi) is 4.87. The number of esters is 1. The van der Waals surface area contributed by atoms with E-state index in [4.69, 9.17) is 4.74 Å². The smallest absolute Gasteiger partial charge is 0.331 e. The second-order valence-corrected chi connectivity index (χ2v) is 8.64. The van der Waals surface area contributed by atoms with Gasteiger partial charge in [-0.1, -0.05) is 81.4 Å². The van der Waals surface area contributed by atoms with Crippen LogP contribution >= 0.6 is 0 Å². The van der Waals surface area contributed by atoms with Gasteiger partial charge in [0.15, 0.2) is 6.23 Å². The van der Waals surface area contributed by atoms with Gasteiger partial charge in [-0.25, -0.2) is 4.79 Å². The molecule has 2 unspecified atom stereocenters. The number of amides is 1. The number of carbonyl (C=O) groups excluding carboxylic acids is 2. The van der Waals surface area contributed by atoms with Crippen LogP contribution in [0, 0.1) is 5.41 Å². The molecule has 0 aromatic heterocycles. The van der Waals surface area contributed by atoms with Crippen molar-refractivity contribution in [2.24, 2.45) is 5.41 Å². The number of cyclic esters (lactones) is 1. The minimum Gasteiger partial charge on any atom is -0.439 e. The van der Waals surface area contributed by atoms with Gasteiger partial charge in [-0.05, 0) is 28.5 Å². The zero-order valence-electron chi connectivity index (χ0n) is 17.0. The summed E-state index contributed by atoms with van der Waals surface area (Å²) in [7, 11) is 0. The molecule has 4 heteroatoms. The molecule has 0 N–H and O–H groups in total. The SMILES string of the molecule is CC(C)(C)C1OC(=O)C(Cc2ccccc2)N1C(=O)c1ccc2ccccc2c1. The van der Waals surface area contributed by atoms with Crippen LogP contribution < -0.4 is 0 Å². The highest BCUT2D eigenvalue weighted by Crippen LogP contribution is 2.35. The Balaban J connectivity index is 1.73. The highest BCUT2D eigenvalue weighted by molar-refractivity contribution is 6.01. The maximum atomic E-state index is 13.6. The summed E-state index contributed by atoms with van der Waals surface area (Å²) >= 11 is 0. The Bertz CT molecular complexity index is 1050. The second kappa shape index (κ2) is 7.36. The lowest BCUT2D eigenvalue weighted by Crippen LogP contribution is -2.48. The molecule has 1 aliphatic rings. The molecular formula is C25H25NO3. The first kappa shape index (κ1) is 19.2. The van der Waals surface area contributed by atoms with Crippen LogP contribution in [0.25, 0.3) is 10.8 Å². The molecule has 0 aliphatic carbocycles. The predicted octanol–water partition coefficient (Wildman–Crippen LogP) is 4.82. The molecule has 2 atom stereocenters. The minimum absolute atomic E-state index is 0.178. The number of rotatable bonds is 3. The summed E-state index contributed by atoms with van der Waals surface area (Å²) in [4.78, 5) is 28.0. The Morgan fingerprint density at radius 3 is 2.28 bits per heavy atom. The first-order chi connectivity index (χ1) is 13.8. The highest BCUT2D eigenvalue weighted by Gasteiger charge is 2.49. The van der Waals surface area contributed by atoms with Crippen molar-refractivity contribution in [3.8, 4) is 0 Å². The molecular weight excluding hydrogens is 362 g/mol. The van der Waals surface area contributed by atoms with E-state index < -0.39 is 17.7 Å². The number of fused-ring (bicyclic) bond motifs is 1. The van der Waals surface area contributed by atoms with Gasteiger partial charge in [0, 0.05) is 17.4 Å². The summed E-state index contributed by atoms with van der Waals surface area (Å²) in [6.07, 6.45) is -0.173. The molecule has 4 rings (SSSR count). The standard InChI is InChI=1S/C25H25NO3/c1-25(2,3)24-26(21(23(28)29-24)15-17-9-5-4-6-10-17)22(27)20-14-13-18-11-7-8-12-19(18)16-20/h4-14,16,21,24H,15H2,1-3H3. The van der Waals surface area contributed by atoms with Gasteiger partial charge in [-0.15, -0.1) is 0 Å². The average Bonchev–Trinajstić information content (AvgIpc) is 3.04. The fourth-order valence-electron chi connectivity index (χ4n) is 3.85. The third-order valence-electron chi connectivity index (χ3n) is 5.33. The summed E-state index contributed by atoms with van der Waals surface area (Å²) in [5.41, 5.74) is 1.17. The van der Waals surface area contributed by atoms with E-state index in [2.05, 4.69) is 0 Å². The lowest BCUT2D eigenvalue weighted by molar-refractivity contribution is -0.147. The largest absolute Gasteiger partial charge is 0.439 e. The van der Waals surface area contributed by atoms with E-state index in [1.807, 2.05) is 93.6 Å². The van der Waals surface area contributed by atoms with Crippen LogP contribution in [0.3, 0.4) is 0 Å². The summed E-state index contributed by atoms with van der Waals surface area (Å²) in [5, 5.41) is 2.07. The average molecular weight is 387 g/mol. The number of hydrogen-bond donors (Lipinski definition) is 0. The van der Waals surface area contributed by atoms with Crippen molar-refractivity contribution in [1.29, 1.82) is 0 Å². The molecule has 148 valence electrons. The third-order valence-corrected chi connectivity index (χ3v) is 5.33. The summed E-state index contributed by atoms with van der Waals surface area (Å²) in [6, 6.07) is 22.7. The predicted molar refractivity (Wildman–Crippen MR) is 113 cm³/mol. The summed E-state index contributed by atoms with van der Waals surface area (Å²) < 4.78 is 5.72. The van der Waals surface area contributed by atoms with E-state index in [-0.39, 0.29) is 11.9 Å². The van der Waals surface area contributed by atoms with Crippen LogP contribution in [0.2, 0.25) is 0 Å². The highest BCUT2D eigenvalue weighted by atomic mass is 16.6. The first-order valence-electron chi connectivity index (χ1n) is 9.90. The Morgan fingerprint density at radius 1 is 0.931 bits per heavy atom. The molecule has 29 heavy (non-hydrogen) atoms. The van der Waals surface area contributed by atoms with E-state index >= 15 is 0 Å². The van der Waals surface area contributed by atoms with Crippen molar-refractivity contribution in [3.05, 3.63) is 83.9 Å². The number of ether oxygens (including phenoxy) is 1. The maximum absolute atomic E-state index is 13.6. The molecule has 0 saturated carbocycles. The van der Waals surface area contributed by atoms with Gasteiger partial charge in [0.05, 0.1) is 0 Å². The lowest BCUT2D eigenvalue weighted by Gasteiger charge is -2.34. The Labute approximate surface area is 171 Å². The van der Waals surface area contributed by atoms with Gasteiger partial charge in [-0.3, -0.25) is 9.69 Å². The van der Waals surface area contributed by atoms with E-state index in [0.717, 1.165) is 16.3 Å². The molecule has 0 spiro atoms.